The Balaban J connectivity index is 2.02. The number of carbonyl (C=O) groups excluding carboxylic acids is 1. The molecule has 1 amide bonds. The maximum absolute atomic E-state index is 12.4. The van der Waals surface area contributed by atoms with Gasteiger partial charge in [0.05, 0.1) is 0 Å². The highest BCUT2D eigenvalue weighted by molar-refractivity contribution is 9.10. The van der Waals surface area contributed by atoms with Crippen LogP contribution in [0.4, 0.5) is 0 Å². The Kier molecular flexibility index (Phi) is 4.49. The number of piperidine rings is 1. The Bertz CT molecular complexity index is 415. The van der Waals surface area contributed by atoms with E-state index >= 15 is 0 Å². The van der Waals surface area contributed by atoms with Crippen LogP contribution in [0.1, 0.15) is 49.2 Å². The van der Waals surface area contributed by atoms with Gasteiger partial charge in [0.25, 0.3) is 5.91 Å². The Morgan fingerprint density at radius 1 is 1.39 bits per heavy atom. The van der Waals surface area contributed by atoms with Crippen molar-refractivity contribution >= 4 is 33.2 Å². The Hall–Kier alpha value is -0.350. The van der Waals surface area contributed by atoms with Crippen LogP contribution in [-0.4, -0.2) is 23.9 Å². The zero-order valence-corrected chi connectivity index (χ0v) is 13.4. The first kappa shape index (κ1) is 14.1. The van der Waals surface area contributed by atoms with Gasteiger partial charge in [0, 0.05) is 17.6 Å². The van der Waals surface area contributed by atoms with Crippen LogP contribution in [0.25, 0.3) is 0 Å². The molecule has 1 aromatic heterocycles. The van der Waals surface area contributed by atoms with E-state index in [9.17, 15) is 4.79 Å². The number of hydrogen-bond donors (Lipinski definition) is 0. The Morgan fingerprint density at radius 2 is 2.00 bits per heavy atom. The van der Waals surface area contributed by atoms with E-state index in [0.29, 0.717) is 5.41 Å². The highest BCUT2D eigenvalue weighted by atomic mass is 79.9. The third kappa shape index (κ3) is 2.64. The van der Waals surface area contributed by atoms with Crippen molar-refractivity contribution in [2.75, 3.05) is 13.1 Å². The Labute approximate surface area is 122 Å². The van der Waals surface area contributed by atoms with E-state index in [1.807, 2.05) is 16.3 Å². The van der Waals surface area contributed by atoms with Gasteiger partial charge in [-0.15, -0.1) is 11.3 Å². The summed E-state index contributed by atoms with van der Waals surface area (Å²) in [4.78, 5) is 15.2. The van der Waals surface area contributed by atoms with Crippen molar-refractivity contribution in [2.24, 2.45) is 5.41 Å². The highest BCUT2D eigenvalue weighted by Gasteiger charge is 2.33. The predicted octanol–water partition coefficient (Wildman–Crippen LogP) is 4.55. The second-order valence-electron chi connectivity index (χ2n) is 5.10. The monoisotopic (exact) mass is 329 g/mol. The third-order valence-corrected chi connectivity index (χ3v) is 6.25. The molecule has 1 aliphatic heterocycles. The minimum Gasteiger partial charge on any atom is -0.338 e. The number of carbonyl (C=O) groups is 1. The molecule has 4 heteroatoms. The van der Waals surface area contributed by atoms with Crippen LogP contribution in [0.5, 0.6) is 0 Å². The predicted molar refractivity (Wildman–Crippen MR) is 80.2 cm³/mol. The normalized spacial score (nSPS) is 18.9. The minimum atomic E-state index is 0.192. The van der Waals surface area contributed by atoms with E-state index in [-0.39, 0.29) is 5.91 Å². The number of hydrogen-bond acceptors (Lipinski definition) is 2. The number of nitrogens with zero attached hydrogens (tertiary/aromatic N) is 1. The lowest BCUT2D eigenvalue weighted by Crippen LogP contribution is -2.42. The minimum absolute atomic E-state index is 0.192. The molecule has 0 atom stereocenters. The summed E-state index contributed by atoms with van der Waals surface area (Å²) >= 11 is 4.97. The molecule has 0 saturated carbocycles. The smallest absolute Gasteiger partial charge is 0.265 e. The van der Waals surface area contributed by atoms with Gasteiger partial charge in [-0.25, -0.2) is 0 Å². The van der Waals surface area contributed by atoms with Crippen LogP contribution in [0, 0.1) is 5.41 Å². The molecule has 0 spiro atoms. The molecule has 0 aliphatic carbocycles. The van der Waals surface area contributed by atoms with Crippen molar-refractivity contribution in [3.8, 4) is 0 Å². The van der Waals surface area contributed by atoms with Gasteiger partial charge < -0.3 is 4.90 Å². The van der Waals surface area contributed by atoms with E-state index in [2.05, 4.69) is 29.8 Å². The quantitative estimate of drug-likeness (QED) is 0.796. The standard InChI is InChI=1S/C14H20BrNOS/c1-3-14(4-2)6-8-16(9-7-14)13(17)12-11(15)5-10-18-12/h5,10H,3-4,6-9H2,1-2H3. The molecule has 2 heterocycles. The van der Waals surface area contributed by atoms with Gasteiger partial charge in [-0.1, -0.05) is 26.7 Å². The summed E-state index contributed by atoms with van der Waals surface area (Å²) < 4.78 is 0.931. The van der Waals surface area contributed by atoms with E-state index in [1.165, 1.54) is 24.2 Å². The van der Waals surface area contributed by atoms with E-state index in [0.717, 1.165) is 35.3 Å². The number of rotatable bonds is 3. The lowest BCUT2D eigenvalue weighted by atomic mass is 9.74. The van der Waals surface area contributed by atoms with Gasteiger partial charge >= 0.3 is 0 Å². The fraction of sp³-hybridized carbons (Fsp3) is 0.643. The lowest BCUT2D eigenvalue weighted by Gasteiger charge is -2.40. The summed E-state index contributed by atoms with van der Waals surface area (Å²) in [5.41, 5.74) is 0.476. The van der Waals surface area contributed by atoms with E-state index in [4.69, 9.17) is 0 Å². The molecule has 1 aromatic rings. The van der Waals surface area contributed by atoms with Gasteiger partial charge in [-0.05, 0) is 45.6 Å². The van der Waals surface area contributed by atoms with Crippen molar-refractivity contribution < 1.29 is 4.79 Å². The summed E-state index contributed by atoms with van der Waals surface area (Å²) in [5.74, 6) is 0.192. The molecule has 100 valence electrons. The molecule has 0 bridgehead atoms. The van der Waals surface area contributed by atoms with Crippen molar-refractivity contribution in [1.82, 2.24) is 4.90 Å². The van der Waals surface area contributed by atoms with Crippen molar-refractivity contribution in [2.45, 2.75) is 39.5 Å². The number of amides is 1. The summed E-state index contributed by atoms with van der Waals surface area (Å²) in [6, 6.07) is 1.95. The number of halogens is 1. The summed E-state index contributed by atoms with van der Waals surface area (Å²) in [6.45, 7) is 6.36. The van der Waals surface area contributed by atoms with Gasteiger partial charge in [0.15, 0.2) is 0 Å². The second kappa shape index (κ2) is 5.74. The zero-order valence-electron chi connectivity index (χ0n) is 11.0. The highest BCUT2D eigenvalue weighted by Crippen LogP contribution is 2.38. The van der Waals surface area contributed by atoms with Crippen molar-refractivity contribution in [3.63, 3.8) is 0 Å². The maximum atomic E-state index is 12.4. The molecular weight excluding hydrogens is 310 g/mol. The van der Waals surface area contributed by atoms with Gasteiger partial charge in [-0.2, -0.15) is 0 Å². The first-order valence-electron chi connectivity index (χ1n) is 6.64. The molecule has 18 heavy (non-hydrogen) atoms. The first-order chi connectivity index (χ1) is 8.62. The van der Waals surface area contributed by atoms with Crippen LogP contribution in [0.3, 0.4) is 0 Å². The van der Waals surface area contributed by atoms with Crippen LogP contribution >= 0.6 is 27.3 Å². The average Bonchev–Trinajstić information content (AvgIpc) is 2.84. The molecule has 0 aromatic carbocycles. The van der Waals surface area contributed by atoms with Gasteiger partial charge in [0.2, 0.25) is 0 Å². The second-order valence-corrected chi connectivity index (χ2v) is 6.87. The largest absolute Gasteiger partial charge is 0.338 e. The van der Waals surface area contributed by atoms with Crippen LogP contribution < -0.4 is 0 Å². The van der Waals surface area contributed by atoms with Gasteiger partial charge in [0.1, 0.15) is 4.88 Å². The molecule has 1 aliphatic rings. The third-order valence-electron chi connectivity index (χ3n) is 4.42. The molecule has 1 fully saturated rings. The van der Waals surface area contributed by atoms with Gasteiger partial charge in [-0.3, -0.25) is 4.79 Å². The van der Waals surface area contributed by atoms with Crippen LogP contribution in [0.15, 0.2) is 15.9 Å². The zero-order chi connectivity index (χ0) is 13.2. The molecule has 0 radical (unpaired) electrons. The summed E-state index contributed by atoms with van der Waals surface area (Å²) in [6.07, 6.45) is 4.76. The number of likely N-dealkylation sites (tertiary alicyclic amines) is 1. The fourth-order valence-electron chi connectivity index (χ4n) is 2.73. The lowest BCUT2D eigenvalue weighted by molar-refractivity contribution is 0.0561. The average molecular weight is 330 g/mol. The van der Waals surface area contributed by atoms with Crippen molar-refractivity contribution in [3.05, 3.63) is 20.8 Å². The topological polar surface area (TPSA) is 20.3 Å². The van der Waals surface area contributed by atoms with Crippen molar-refractivity contribution in [1.29, 1.82) is 0 Å². The summed E-state index contributed by atoms with van der Waals surface area (Å²) in [5, 5.41) is 1.96. The molecule has 1 saturated heterocycles. The molecule has 0 N–H and O–H groups in total. The SMILES string of the molecule is CCC1(CC)CCN(C(=O)c2sccc2Br)CC1. The maximum Gasteiger partial charge on any atom is 0.265 e. The molecule has 0 unspecified atom stereocenters. The van der Waals surface area contributed by atoms with Crippen LogP contribution in [-0.2, 0) is 0 Å². The fourth-order valence-corrected chi connectivity index (χ4v) is 4.24. The Morgan fingerprint density at radius 3 is 2.44 bits per heavy atom. The molecule has 2 rings (SSSR count). The number of thiophene rings is 1. The first-order valence-corrected chi connectivity index (χ1v) is 8.31. The van der Waals surface area contributed by atoms with Crippen LogP contribution in [0.2, 0.25) is 0 Å². The molecule has 2 nitrogen and oxygen atoms in total. The van der Waals surface area contributed by atoms with E-state index in [1.54, 1.807) is 0 Å². The summed E-state index contributed by atoms with van der Waals surface area (Å²) in [7, 11) is 0. The molecular formula is C14H20BrNOS. The van der Waals surface area contributed by atoms with E-state index < -0.39 is 0 Å².